The van der Waals surface area contributed by atoms with E-state index in [0.29, 0.717) is 25.4 Å². The van der Waals surface area contributed by atoms with E-state index in [2.05, 4.69) is 10.6 Å². The molecular formula is C13H23N3O4. The molecule has 1 aliphatic rings. The zero-order chi connectivity index (χ0) is 15.1. The second-order valence-corrected chi connectivity index (χ2v) is 5.29. The lowest BCUT2D eigenvalue weighted by Crippen LogP contribution is -2.46. The van der Waals surface area contributed by atoms with Crippen LogP contribution in [-0.4, -0.2) is 53.1 Å². The zero-order valence-corrected chi connectivity index (χ0v) is 12.0. The molecule has 0 aliphatic heterocycles. The Bertz CT molecular complexity index is 367. The lowest BCUT2D eigenvalue weighted by Gasteiger charge is -2.25. The van der Waals surface area contributed by atoms with Crippen LogP contribution in [0.1, 0.15) is 39.5 Å². The molecule has 20 heavy (non-hydrogen) atoms. The SMILES string of the molecule is CC(C)N(CC(=O)O)C(=O)NCCCC(=O)NC1CC1. The first-order chi connectivity index (χ1) is 9.40. The van der Waals surface area contributed by atoms with Crippen molar-refractivity contribution in [2.45, 2.75) is 51.6 Å². The second kappa shape index (κ2) is 7.72. The van der Waals surface area contributed by atoms with Crippen molar-refractivity contribution in [1.29, 1.82) is 0 Å². The molecule has 0 unspecified atom stereocenters. The minimum Gasteiger partial charge on any atom is -0.480 e. The van der Waals surface area contributed by atoms with E-state index in [0.717, 1.165) is 12.8 Å². The molecule has 0 aromatic heterocycles. The molecule has 7 nitrogen and oxygen atoms in total. The molecule has 0 bridgehead atoms. The maximum atomic E-state index is 11.8. The summed E-state index contributed by atoms with van der Waals surface area (Å²) in [6, 6.07) is -0.252. The highest BCUT2D eigenvalue weighted by molar-refractivity contribution is 5.80. The van der Waals surface area contributed by atoms with Gasteiger partial charge < -0.3 is 20.6 Å². The minimum absolute atomic E-state index is 0.00741. The molecule has 3 N–H and O–H groups in total. The summed E-state index contributed by atoms with van der Waals surface area (Å²) in [6.45, 7) is 3.54. The molecule has 114 valence electrons. The van der Waals surface area contributed by atoms with Gasteiger partial charge in [-0.05, 0) is 33.1 Å². The highest BCUT2D eigenvalue weighted by Crippen LogP contribution is 2.18. The normalized spacial score (nSPS) is 13.9. The standard InChI is InChI=1S/C13H23N3O4/c1-9(2)16(8-12(18)19)13(20)14-7-3-4-11(17)15-10-5-6-10/h9-10H,3-8H2,1-2H3,(H,14,20)(H,15,17)(H,18,19). The van der Waals surface area contributed by atoms with Crippen LogP contribution in [0.2, 0.25) is 0 Å². The van der Waals surface area contributed by atoms with E-state index in [4.69, 9.17) is 5.11 Å². The summed E-state index contributed by atoms with van der Waals surface area (Å²) in [5.74, 6) is -1.04. The number of aliphatic carboxylic acids is 1. The molecule has 0 heterocycles. The molecule has 3 amide bonds. The maximum Gasteiger partial charge on any atom is 0.323 e. The third-order valence-corrected chi connectivity index (χ3v) is 2.99. The summed E-state index contributed by atoms with van der Waals surface area (Å²) in [6.07, 6.45) is 3.03. The summed E-state index contributed by atoms with van der Waals surface area (Å²) in [5.41, 5.74) is 0. The lowest BCUT2D eigenvalue weighted by atomic mass is 10.3. The van der Waals surface area contributed by atoms with Gasteiger partial charge >= 0.3 is 12.0 Å². The number of nitrogens with zero attached hydrogens (tertiary/aromatic N) is 1. The molecule has 0 atom stereocenters. The Labute approximate surface area is 118 Å². The van der Waals surface area contributed by atoms with Crippen molar-refractivity contribution in [3.8, 4) is 0 Å². The average molecular weight is 285 g/mol. The fraction of sp³-hybridized carbons (Fsp3) is 0.769. The minimum atomic E-state index is -1.04. The van der Waals surface area contributed by atoms with Gasteiger partial charge in [0.1, 0.15) is 6.54 Å². The third kappa shape index (κ3) is 6.40. The highest BCUT2D eigenvalue weighted by Gasteiger charge is 2.23. The van der Waals surface area contributed by atoms with E-state index in [1.165, 1.54) is 4.90 Å². The average Bonchev–Trinajstić information content (AvgIpc) is 3.14. The van der Waals surface area contributed by atoms with Gasteiger partial charge in [0, 0.05) is 25.0 Å². The van der Waals surface area contributed by atoms with Crippen molar-refractivity contribution >= 4 is 17.9 Å². The number of carbonyl (C=O) groups is 3. The van der Waals surface area contributed by atoms with Crippen LogP contribution in [0.15, 0.2) is 0 Å². The molecule has 0 aromatic rings. The van der Waals surface area contributed by atoms with Crippen LogP contribution >= 0.6 is 0 Å². The van der Waals surface area contributed by atoms with Gasteiger partial charge in [-0.3, -0.25) is 9.59 Å². The Hall–Kier alpha value is -1.79. The molecule has 1 fully saturated rings. The number of hydrogen-bond donors (Lipinski definition) is 3. The summed E-state index contributed by atoms with van der Waals surface area (Å²) in [4.78, 5) is 35.1. The molecule has 7 heteroatoms. The fourth-order valence-electron chi connectivity index (χ4n) is 1.71. The van der Waals surface area contributed by atoms with Crippen molar-refractivity contribution < 1.29 is 19.5 Å². The van der Waals surface area contributed by atoms with Crippen molar-refractivity contribution in [2.24, 2.45) is 0 Å². The largest absolute Gasteiger partial charge is 0.480 e. The molecule has 0 aromatic carbocycles. The molecule has 0 saturated heterocycles. The summed E-state index contributed by atoms with van der Waals surface area (Å²) >= 11 is 0. The van der Waals surface area contributed by atoms with Crippen molar-refractivity contribution in [1.82, 2.24) is 15.5 Å². The molecule has 1 aliphatic carbocycles. The van der Waals surface area contributed by atoms with Gasteiger partial charge in [-0.15, -0.1) is 0 Å². The molecule has 1 rings (SSSR count). The fourth-order valence-corrected chi connectivity index (χ4v) is 1.71. The summed E-state index contributed by atoms with van der Waals surface area (Å²) < 4.78 is 0. The summed E-state index contributed by atoms with van der Waals surface area (Å²) in [7, 11) is 0. The first-order valence-corrected chi connectivity index (χ1v) is 6.95. The van der Waals surface area contributed by atoms with Gasteiger partial charge in [-0.2, -0.15) is 0 Å². The Morgan fingerprint density at radius 2 is 1.95 bits per heavy atom. The first kappa shape index (κ1) is 16.3. The van der Waals surface area contributed by atoms with E-state index in [9.17, 15) is 14.4 Å². The van der Waals surface area contributed by atoms with Crippen LogP contribution < -0.4 is 10.6 Å². The predicted octanol–water partition coefficient (Wildman–Crippen LogP) is 0.550. The predicted molar refractivity (Wildman–Crippen MR) is 73.3 cm³/mol. The Morgan fingerprint density at radius 3 is 2.45 bits per heavy atom. The maximum absolute atomic E-state index is 11.8. The number of carboxylic acids is 1. The Morgan fingerprint density at radius 1 is 1.30 bits per heavy atom. The van der Waals surface area contributed by atoms with Gasteiger partial charge in [-0.25, -0.2) is 4.79 Å². The van der Waals surface area contributed by atoms with Crippen molar-refractivity contribution in [3.05, 3.63) is 0 Å². The quantitative estimate of drug-likeness (QED) is 0.567. The lowest BCUT2D eigenvalue weighted by molar-refractivity contribution is -0.138. The van der Waals surface area contributed by atoms with Crippen LogP contribution in [0.4, 0.5) is 4.79 Å². The molecule has 1 saturated carbocycles. The molecule has 0 radical (unpaired) electrons. The van der Waals surface area contributed by atoms with Gasteiger partial charge in [-0.1, -0.05) is 0 Å². The molecular weight excluding hydrogens is 262 g/mol. The number of hydrogen-bond acceptors (Lipinski definition) is 3. The molecule has 0 spiro atoms. The second-order valence-electron chi connectivity index (χ2n) is 5.29. The topological polar surface area (TPSA) is 98.7 Å². The van der Waals surface area contributed by atoms with E-state index < -0.39 is 12.0 Å². The Balaban J connectivity index is 2.19. The van der Waals surface area contributed by atoms with Crippen LogP contribution in [0.5, 0.6) is 0 Å². The van der Waals surface area contributed by atoms with E-state index >= 15 is 0 Å². The van der Waals surface area contributed by atoms with Gasteiger partial charge in [0.2, 0.25) is 5.91 Å². The number of nitrogens with one attached hydrogen (secondary N) is 2. The van der Waals surface area contributed by atoms with Crippen LogP contribution in [0, 0.1) is 0 Å². The van der Waals surface area contributed by atoms with E-state index in [1.807, 2.05) is 0 Å². The monoisotopic (exact) mass is 285 g/mol. The number of carboxylic acid groups (broad SMARTS) is 1. The van der Waals surface area contributed by atoms with Gasteiger partial charge in [0.15, 0.2) is 0 Å². The number of carbonyl (C=O) groups excluding carboxylic acids is 2. The van der Waals surface area contributed by atoms with Crippen LogP contribution in [0.25, 0.3) is 0 Å². The smallest absolute Gasteiger partial charge is 0.323 e. The van der Waals surface area contributed by atoms with E-state index in [1.54, 1.807) is 13.8 Å². The Kier molecular flexibility index (Phi) is 6.27. The van der Waals surface area contributed by atoms with E-state index in [-0.39, 0.29) is 18.5 Å². The van der Waals surface area contributed by atoms with Gasteiger partial charge in [0.05, 0.1) is 0 Å². The zero-order valence-electron chi connectivity index (χ0n) is 12.0. The number of urea groups is 1. The van der Waals surface area contributed by atoms with Crippen LogP contribution in [-0.2, 0) is 9.59 Å². The highest BCUT2D eigenvalue weighted by atomic mass is 16.4. The third-order valence-electron chi connectivity index (χ3n) is 2.99. The van der Waals surface area contributed by atoms with Crippen molar-refractivity contribution in [3.63, 3.8) is 0 Å². The number of rotatable bonds is 8. The van der Waals surface area contributed by atoms with Gasteiger partial charge in [0.25, 0.3) is 0 Å². The van der Waals surface area contributed by atoms with Crippen LogP contribution in [0.3, 0.4) is 0 Å². The first-order valence-electron chi connectivity index (χ1n) is 6.95. The summed E-state index contributed by atoms with van der Waals surface area (Å²) in [5, 5.41) is 14.2. The van der Waals surface area contributed by atoms with Crippen molar-refractivity contribution in [2.75, 3.05) is 13.1 Å². The number of amides is 3.